The van der Waals surface area contributed by atoms with Gasteiger partial charge in [-0.15, -0.1) is 0 Å². The molecule has 0 saturated carbocycles. The van der Waals surface area contributed by atoms with Crippen LogP contribution in [0, 0.1) is 29.2 Å². The van der Waals surface area contributed by atoms with E-state index in [2.05, 4.69) is 6.92 Å². The quantitative estimate of drug-likeness (QED) is 0.137. The summed E-state index contributed by atoms with van der Waals surface area (Å²) in [6.45, 7) is 5.04. The van der Waals surface area contributed by atoms with Gasteiger partial charge in [0, 0.05) is 22.6 Å². The average molecular weight is 543 g/mol. The maximum atomic E-state index is 15.1. The van der Waals surface area contributed by atoms with Gasteiger partial charge in [0.1, 0.15) is 0 Å². The highest BCUT2D eigenvalue weighted by Crippen LogP contribution is 2.35. The predicted molar refractivity (Wildman–Crippen MR) is 144 cm³/mol. The smallest absolute Gasteiger partial charge is 0.201 e. The van der Waals surface area contributed by atoms with E-state index in [1.54, 1.807) is 24.3 Å². The molecule has 4 rings (SSSR count). The minimum Gasteiger partial charge on any atom is -0.490 e. The predicted octanol–water partition coefficient (Wildman–Crippen LogP) is 9.16. The molecule has 208 valence electrons. The Balaban J connectivity index is 1.45. The minimum absolute atomic E-state index is 0.00684. The van der Waals surface area contributed by atoms with Crippen molar-refractivity contribution in [2.45, 2.75) is 52.2 Å². The molecule has 0 amide bonds. The fourth-order valence-corrected chi connectivity index (χ4v) is 4.63. The normalized spacial score (nSPS) is 17.6. The summed E-state index contributed by atoms with van der Waals surface area (Å²) >= 11 is 0. The van der Waals surface area contributed by atoms with Crippen LogP contribution in [0.3, 0.4) is 0 Å². The molecular weight excluding hydrogens is 508 g/mol. The molecule has 3 aromatic rings. The van der Waals surface area contributed by atoms with Gasteiger partial charge in [-0.3, -0.25) is 0 Å². The van der Waals surface area contributed by atoms with Gasteiger partial charge in [0.25, 0.3) is 0 Å². The molecule has 0 N–H and O–H groups in total. The molecule has 1 saturated heterocycles. The monoisotopic (exact) mass is 542 g/mol. The molecule has 0 radical (unpaired) electrons. The molecule has 7 heteroatoms. The molecule has 0 bridgehead atoms. The number of hydrogen-bond donors (Lipinski definition) is 0. The largest absolute Gasteiger partial charge is 0.490 e. The van der Waals surface area contributed by atoms with E-state index in [9.17, 15) is 13.2 Å². The van der Waals surface area contributed by atoms with E-state index in [0.717, 1.165) is 32.1 Å². The maximum Gasteiger partial charge on any atom is 0.201 e. The Kier molecular flexibility index (Phi) is 10.2. The van der Waals surface area contributed by atoms with Gasteiger partial charge in [-0.2, -0.15) is 4.39 Å². The molecule has 1 aliphatic heterocycles. The van der Waals surface area contributed by atoms with E-state index in [1.165, 1.54) is 24.3 Å². The van der Waals surface area contributed by atoms with Crippen LogP contribution in [0.1, 0.15) is 57.8 Å². The average Bonchev–Trinajstić information content (AvgIpc) is 2.95. The number of ether oxygens (including phenoxy) is 3. The van der Waals surface area contributed by atoms with Gasteiger partial charge in [-0.05, 0) is 36.6 Å². The summed E-state index contributed by atoms with van der Waals surface area (Å²) in [5.41, 5.74) is 0.884. The lowest BCUT2D eigenvalue weighted by molar-refractivity contribution is -0.199. The molecule has 1 aliphatic rings. The Bertz CT molecular complexity index is 1270. The third-order valence-electron chi connectivity index (χ3n) is 6.81. The first-order valence-corrected chi connectivity index (χ1v) is 13.5. The zero-order valence-corrected chi connectivity index (χ0v) is 22.3. The van der Waals surface area contributed by atoms with Crippen molar-refractivity contribution in [1.82, 2.24) is 0 Å². The highest BCUT2D eigenvalue weighted by atomic mass is 19.2. The lowest BCUT2D eigenvalue weighted by atomic mass is 9.98. The summed E-state index contributed by atoms with van der Waals surface area (Å²) in [5, 5.41) is 0. The second kappa shape index (κ2) is 13.8. The van der Waals surface area contributed by atoms with Crippen LogP contribution < -0.4 is 4.74 Å². The second-order valence-electron chi connectivity index (χ2n) is 9.69. The van der Waals surface area contributed by atoms with E-state index in [0.29, 0.717) is 30.9 Å². The van der Waals surface area contributed by atoms with Crippen LogP contribution >= 0.6 is 0 Å². The van der Waals surface area contributed by atoms with Gasteiger partial charge in [0.05, 0.1) is 19.8 Å². The summed E-state index contributed by atoms with van der Waals surface area (Å²) in [6.07, 6.45) is 7.98. The summed E-state index contributed by atoms with van der Waals surface area (Å²) in [4.78, 5) is 0. The standard InChI is InChI=1S/C32H34F4O3/c1-3-5-6-7-8-18-37-27-17-16-25(29(34)31(27)36)23-12-10-22(11-13-23)24-14-15-26(30(35)28(24)33)32-38-19-21(9-4-2)20-39-32/h4,9-17,21,32H,3,5-8,18-20H2,1-2H3. The molecule has 1 heterocycles. The van der Waals surface area contributed by atoms with Crippen molar-refractivity contribution in [3.05, 3.63) is 89.5 Å². The van der Waals surface area contributed by atoms with Gasteiger partial charge in [0.15, 0.2) is 29.5 Å². The third kappa shape index (κ3) is 6.89. The van der Waals surface area contributed by atoms with Crippen molar-refractivity contribution in [1.29, 1.82) is 0 Å². The van der Waals surface area contributed by atoms with Gasteiger partial charge in [-0.25, -0.2) is 13.2 Å². The molecule has 3 nitrogen and oxygen atoms in total. The van der Waals surface area contributed by atoms with Crippen molar-refractivity contribution in [3.63, 3.8) is 0 Å². The molecule has 0 aromatic heterocycles. The van der Waals surface area contributed by atoms with E-state index in [-0.39, 0.29) is 28.4 Å². The lowest BCUT2D eigenvalue weighted by Crippen LogP contribution is -2.26. The molecule has 0 atom stereocenters. The Labute approximate surface area is 227 Å². The highest BCUT2D eigenvalue weighted by molar-refractivity contribution is 5.71. The molecule has 0 aliphatic carbocycles. The first-order chi connectivity index (χ1) is 18.9. The van der Waals surface area contributed by atoms with E-state index >= 15 is 4.39 Å². The first kappa shape index (κ1) is 28.8. The van der Waals surface area contributed by atoms with Crippen molar-refractivity contribution in [2.75, 3.05) is 19.8 Å². The molecule has 0 spiro atoms. The fraction of sp³-hybridized carbons (Fsp3) is 0.375. The number of benzene rings is 3. The third-order valence-corrected chi connectivity index (χ3v) is 6.81. The van der Waals surface area contributed by atoms with Gasteiger partial charge in [0.2, 0.25) is 5.82 Å². The lowest BCUT2D eigenvalue weighted by Gasteiger charge is -2.28. The van der Waals surface area contributed by atoms with Crippen LogP contribution in [0.15, 0.2) is 60.7 Å². The van der Waals surface area contributed by atoms with Crippen LogP contribution in [-0.2, 0) is 9.47 Å². The van der Waals surface area contributed by atoms with Crippen molar-refractivity contribution in [3.8, 4) is 28.0 Å². The Morgan fingerprint density at radius 1 is 0.744 bits per heavy atom. The van der Waals surface area contributed by atoms with Gasteiger partial charge >= 0.3 is 0 Å². The second-order valence-corrected chi connectivity index (χ2v) is 9.69. The summed E-state index contributed by atoms with van der Waals surface area (Å²) < 4.78 is 76.2. The van der Waals surface area contributed by atoms with E-state index < -0.39 is 29.6 Å². The van der Waals surface area contributed by atoms with Gasteiger partial charge < -0.3 is 14.2 Å². The van der Waals surface area contributed by atoms with Crippen molar-refractivity contribution in [2.24, 2.45) is 5.92 Å². The van der Waals surface area contributed by atoms with Crippen LogP contribution in [-0.4, -0.2) is 19.8 Å². The van der Waals surface area contributed by atoms with Gasteiger partial charge in [-0.1, -0.05) is 81.2 Å². The first-order valence-electron chi connectivity index (χ1n) is 13.5. The summed E-state index contributed by atoms with van der Waals surface area (Å²) in [7, 11) is 0. The van der Waals surface area contributed by atoms with E-state index in [1.807, 2.05) is 19.1 Å². The molecule has 0 unspecified atom stereocenters. The number of unbranched alkanes of at least 4 members (excludes halogenated alkanes) is 4. The fourth-order valence-electron chi connectivity index (χ4n) is 4.63. The topological polar surface area (TPSA) is 27.7 Å². The molecule has 3 aromatic carbocycles. The summed E-state index contributed by atoms with van der Waals surface area (Å²) in [6, 6.07) is 11.9. The van der Waals surface area contributed by atoms with Crippen LogP contribution in [0.4, 0.5) is 17.6 Å². The van der Waals surface area contributed by atoms with Crippen LogP contribution in [0.5, 0.6) is 5.75 Å². The maximum absolute atomic E-state index is 15.1. The number of rotatable bonds is 11. The SMILES string of the molecule is CC=CC1COC(c2ccc(-c3ccc(-c4ccc(OCCCCCCC)c(F)c4F)cc3)c(F)c2F)OC1. The van der Waals surface area contributed by atoms with E-state index in [4.69, 9.17) is 14.2 Å². The minimum atomic E-state index is -1.04. The Morgan fingerprint density at radius 2 is 1.33 bits per heavy atom. The van der Waals surface area contributed by atoms with Crippen molar-refractivity contribution >= 4 is 0 Å². The van der Waals surface area contributed by atoms with Crippen molar-refractivity contribution < 1.29 is 31.8 Å². The zero-order chi connectivity index (χ0) is 27.8. The molecular formula is C32H34F4O3. The number of allylic oxidation sites excluding steroid dienone is 1. The van der Waals surface area contributed by atoms with Crippen LogP contribution in [0.2, 0.25) is 0 Å². The number of halogens is 4. The highest BCUT2D eigenvalue weighted by Gasteiger charge is 2.27. The zero-order valence-electron chi connectivity index (χ0n) is 22.3. The Morgan fingerprint density at radius 3 is 1.95 bits per heavy atom. The molecule has 39 heavy (non-hydrogen) atoms. The Hall–Kier alpha value is -3.16. The number of hydrogen-bond acceptors (Lipinski definition) is 3. The molecule has 1 fully saturated rings. The summed E-state index contributed by atoms with van der Waals surface area (Å²) in [5.74, 6) is -4.19. The van der Waals surface area contributed by atoms with Crippen LogP contribution in [0.25, 0.3) is 22.3 Å².